The highest BCUT2D eigenvalue weighted by Gasteiger charge is 2.12. The lowest BCUT2D eigenvalue weighted by Gasteiger charge is -2.00. The van der Waals surface area contributed by atoms with E-state index < -0.39 is 0 Å². The molecular weight excluding hydrogens is 283 g/mol. The van der Waals surface area contributed by atoms with Gasteiger partial charge in [-0.3, -0.25) is 0 Å². The van der Waals surface area contributed by atoms with Crippen LogP contribution in [-0.4, -0.2) is 10.2 Å². The molecule has 12 heavy (non-hydrogen) atoms. The van der Waals surface area contributed by atoms with Gasteiger partial charge in [0.25, 0.3) is 0 Å². The van der Waals surface area contributed by atoms with E-state index in [1.54, 1.807) is 11.3 Å². The van der Waals surface area contributed by atoms with Crippen LogP contribution < -0.4 is 0 Å². The molecule has 1 aromatic rings. The molecule has 1 heterocycles. The molecule has 0 saturated carbocycles. The van der Waals surface area contributed by atoms with Gasteiger partial charge in [-0.15, -0.1) is 21.5 Å². The number of halogens is 1. The molecule has 2 nitrogen and oxygen atoms in total. The summed E-state index contributed by atoms with van der Waals surface area (Å²) in [5, 5.41) is 10.6. The second-order valence-corrected chi connectivity index (χ2v) is 5.81. The molecule has 1 aromatic heterocycles. The summed E-state index contributed by atoms with van der Waals surface area (Å²) in [7, 11) is 0. The first-order valence-corrected chi connectivity index (χ1v) is 6.18. The molecule has 0 aliphatic carbocycles. The summed E-state index contributed by atoms with van der Waals surface area (Å²) < 4.78 is 0.484. The van der Waals surface area contributed by atoms with Crippen LogP contribution in [0.25, 0.3) is 0 Å². The van der Waals surface area contributed by atoms with Crippen molar-refractivity contribution in [1.29, 1.82) is 0 Å². The predicted octanol–water partition coefficient (Wildman–Crippen LogP) is 3.55. The lowest BCUT2D eigenvalue weighted by Crippen LogP contribution is -1.88. The monoisotopic (exact) mass is 296 g/mol. The average Bonchev–Trinajstić information content (AvgIpc) is 2.51. The third-order valence-corrected chi connectivity index (χ3v) is 4.18. The number of hydrogen-bond donors (Lipinski definition) is 0. The van der Waals surface area contributed by atoms with Gasteiger partial charge in [0.1, 0.15) is 10.0 Å². The summed E-state index contributed by atoms with van der Waals surface area (Å²) >= 11 is 4.11. The van der Waals surface area contributed by atoms with Gasteiger partial charge in [0.15, 0.2) is 0 Å². The van der Waals surface area contributed by atoms with Gasteiger partial charge in [0.2, 0.25) is 0 Å². The summed E-state index contributed by atoms with van der Waals surface area (Å²) in [6.45, 7) is 6.52. The van der Waals surface area contributed by atoms with Crippen LogP contribution in [0, 0.1) is 0 Å². The van der Waals surface area contributed by atoms with Crippen molar-refractivity contribution in [1.82, 2.24) is 10.2 Å². The Labute approximate surface area is 90.9 Å². The Kier molecular flexibility index (Phi) is 3.89. The van der Waals surface area contributed by atoms with E-state index in [0.717, 1.165) is 11.4 Å². The first-order valence-electron chi connectivity index (χ1n) is 4.12. The Morgan fingerprint density at radius 2 is 1.92 bits per heavy atom. The van der Waals surface area contributed by atoms with Gasteiger partial charge in [-0.25, -0.2) is 0 Å². The van der Waals surface area contributed by atoms with Crippen molar-refractivity contribution >= 4 is 33.9 Å². The molecule has 1 rings (SSSR count). The molecule has 0 bridgehead atoms. The van der Waals surface area contributed by atoms with E-state index in [1.165, 1.54) is 5.01 Å². The topological polar surface area (TPSA) is 25.8 Å². The van der Waals surface area contributed by atoms with Gasteiger partial charge in [-0.1, -0.05) is 36.4 Å². The maximum Gasteiger partial charge on any atom is 0.130 e. The fourth-order valence-corrected chi connectivity index (χ4v) is 2.19. The molecule has 4 heteroatoms. The van der Waals surface area contributed by atoms with Crippen LogP contribution >= 0.6 is 33.9 Å². The van der Waals surface area contributed by atoms with Gasteiger partial charge in [-0.2, -0.15) is 0 Å². The smallest absolute Gasteiger partial charge is 0.130 e. The third kappa shape index (κ3) is 2.39. The summed E-state index contributed by atoms with van der Waals surface area (Å²) in [5.74, 6) is 0.561. The van der Waals surface area contributed by atoms with E-state index in [9.17, 15) is 0 Å². The molecule has 0 saturated heterocycles. The highest BCUT2D eigenvalue weighted by atomic mass is 127. The second-order valence-electron chi connectivity index (χ2n) is 2.90. The zero-order valence-electron chi connectivity index (χ0n) is 7.54. The molecule has 0 aliphatic rings. The van der Waals surface area contributed by atoms with Crippen molar-refractivity contribution in [2.75, 3.05) is 0 Å². The van der Waals surface area contributed by atoms with Crippen LogP contribution in [0.5, 0.6) is 0 Å². The molecular formula is C8H13IN2S. The van der Waals surface area contributed by atoms with Crippen molar-refractivity contribution < 1.29 is 0 Å². The lowest BCUT2D eigenvalue weighted by atomic mass is 10.1. The number of nitrogens with zero attached hydrogens (tertiary/aromatic N) is 2. The summed E-state index contributed by atoms with van der Waals surface area (Å²) in [6, 6.07) is 0. The SMILES string of the molecule is CCC(C)c1nnc(C(C)I)s1. The van der Waals surface area contributed by atoms with Crippen molar-refractivity contribution in [2.45, 2.75) is 37.0 Å². The predicted molar refractivity (Wildman–Crippen MR) is 61.1 cm³/mol. The molecule has 0 amide bonds. The quantitative estimate of drug-likeness (QED) is 0.629. The van der Waals surface area contributed by atoms with Crippen LogP contribution in [0.3, 0.4) is 0 Å². The number of rotatable bonds is 3. The fraction of sp³-hybridized carbons (Fsp3) is 0.750. The molecule has 2 unspecified atom stereocenters. The minimum atomic E-state index is 0.484. The number of hydrogen-bond acceptors (Lipinski definition) is 3. The van der Waals surface area contributed by atoms with Gasteiger partial charge < -0.3 is 0 Å². The molecule has 68 valence electrons. The zero-order chi connectivity index (χ0) is 9.14. The summed E-state index contributed by atoms with van der Waals surface area (Å²) in [6.07, 6.45) is 1.14. The van der Waals surface area contributed by atoms with E-state index >= 15 is 0 Å². The van der Waals surface area contributed by atoms with Gasteiger partial charge in [-0.05, 0) is 13.3 Å². The molecule has 0 aromatic carbocycles. The Bertz CT molecular complexity index is 247. The standard InChI is InChI=1S/C8H13IN2S/c1-4-5(2)7-10-11-8(12-7)6(3)9/h5-6H,4H2,1-3H3. The van der Waals surface area contributed by atoms with Crippen LogP contribution in [0.15, 0.2) is 0 Å². The van der Waals surface area contributed by atoms with Crippen molar-refractivity contribution in [3.63, 3.8) is 0 Å². The number of aromatic nitrogens is 2. The Hall–Kier alpha value is 0.290. The van der Waals surface area contributed by atoms with Crippen LogP contribution in [0.4, 0.5) is 0 Å². The minimum absolute atomic E-state index is 0.484. The maximum absolute atomic E-state index is 4.17. The van der Waals surface area contributed by atoms with E-state index in [1.807, 2.05) is 0 Å². The van der Waals surface area contributed by atoms with Crippen molar-refractivity contribution in [3.05, 3.63) is 10.0 Å². The Balaban J connectivity index is 2.77. The van der Waals surface area contributed by atoms with Crippen LogP contribution in [-0.2, 0) is 0 Å². The van der Waals surface area contributed by atoms with Crippen LogP contribution in [0.2, 0.25) is 0 Å². The summed E-state index contributed by atoms with van der Waals surface area (Å²) in [5.41, 5.74) is 0. The van der Waals surface area contributed by atoms with Gasteiger partial charge in [0, 0.05) is 5.92 Å². The molecule has 0 aliphatic heterocycles. The fourth-order valence-electron chi connectivity index (χ4n) is 0.781. The third-order valence-electron chi connectivity index (χ3n) is 1.83. The Morgan fingerprint density at radius 1 is 1.33 bits per heavy atom. The molecule has 0 fully saturated rings. The van der Waals surface area contributed by atoms with Crippen LogP contribution in [0.1, 0.15) is 47.0 Å². The molecule has 2 atom stereocenters. The molecule has 0 spiro atoms. The normalized spacial score (nSPS) is 16.0. The molecule has 0 radical (unpaired) electrons. The number of alkyl halides is 1. The largest absolute Gasteiger partial charge is 0.143 e. The minimum Gasteiger partial charge on any atom is -0.143 e. The highest BCUT2D eigenvalue weighted by Crippen LogP contribution is 2.29. The highest BCUT2D eigenvalue weighted by molar-refractivity contribution is 14.1. The maximum atomic E-state index is 4.17. The lowest BCUT2D eigenvalue weighted by molar-refractivity contribution is 0.713. The summed E-state index contributed by atoms with van der Waals surface area (Å²) in [4.78, 5) is 0. The van der Waals surface area contributed by atoms with Gasteiger partial charge in [0.05, 0.1) is 3.92 Å². The Morgan fingerprint density at radius 3 is 2.33 bits per heavy atom. The molecule has 0 N–H and O–H groups in total. The first-order chi connectivity index (χ1) is 5.65. The van der Waals surface area contributed by atoms with Crippen molar-refractivity contribution in [3.8, 4) is 0 Å². The van der Waals surface area contributed by atoms with Gasteiger partial charge >= 0.3 is 0 Å². The van der Waals surface area contributed by atoms with Crippen molar-refractivity contribution in [2.24, 2.45) is 0 Å². The van der Waals surface area contributed by atoms with E-state index in [-0.39, 0.29) is 0 Å². The second kappa shape index (κ2) is 4.50. The average molecular weight is 296 g/mol. The van der Waals surface area contributed by atoms with E-state index in [0.29, 0.717) is 9.84 Å². The first kappa shape index (κ1) is 10.4. The zero-order valence-corrected chi connectivity index (χ0v) is 10.5. The van der Waals surface area contributed by atoms with E-state index in [4.69, 9.17) is 0 Å². The van der Waals surface area contributed by atoms with E-state index in [2.05, 4.69) is 53.6 Å².